The molecule has 6 heterocycles. The zero-order valence-corrected chi connectivity index (χ0v) is 52.9. The van der Waals surface area contributed by atoms with E-state index in [4.69, 9.17) is 50.1 Å². The Morgan fingerprint density at radius 2 is 0.978 bits per heavy atom. The molecule has 4 saturated carbocycles. The fourth-order valence-corrected chi connectivity index (χ4v) is 11.7. The van der Waals surface area contributed by atoms with Crippen LogP contribution in [0.25, 0.3) is 0 Å². The predicted octanol–water partition coefficient (Wildman–Crippen LogP) is 2.57. The van der Waals surface area contributed by atoms with E-state index >= 15 is 0 Å². The number of carbonyl (C=O) groups excluding carboxylic acids is 3. The number of carbonyl (C=O) groups is 4. The summed E-state index contributed by atoms with van der Waals surface area (Å²) in [5.74, 6) is 1.67. The molecule has 0 spiro atoms. The van der Waals surface area contributed by atoms with Gasteiger partial charge >= 0.3 is 37.2 Å². The van der Waals surface area contributed by atoms with Crippen LogP contribution in [-0.4, -0.2) is 159 Å². The molecule has 24 nitrogen and oxygen atoms in total. The first-order valence-corrected chi connectivity index (χ1v) is 29.3. The van der Waals surface area contributed by atoms with Crippen LogP contribution in [0.5, 0.6) is 17.2 Å². The number of pyridine rings is 3. The normalized spacial score (nSPS) is 22.4. The number of amides is 2. The van der Waals surface area contributed by atoms with E-state index in [1.165, 1.54) is 18.6 Å². The summed E-state index contributed by atoms with van der Waals surface area (Å²) in [7, 11) is 0. The fourth-order valence-electron chi connectivity index (χ4n) is 11.7. The van der Waals surface area contributed by atoms with Crippen molar-refractivity contribution in [3.8, 4) is 35.5 Å². The number of aliphatic carboxylic acids is 1. The Balaban J connectivity index is 0.000000304. The Bertz CT molecular complexity index is 3060. The van der Waals surface area contributed by atoms with Crippen LogP contribution < -0.4 is 38.4 Å². The minimum Gasteiger partial charge on any atom is -0.870 e. The number of carboxylic acid groups (broad SMARTS) is 1. The van der Waals surface area contributed by atoms with E-state index in [0.29, 0.717) is 97.2 Å². The number of nitriles is 3. The molecule has 0 radical (unpaired) electrons. The van der Waals surface area contributed by atoms with Gasteiger partial charge in [-0.2, -0.15) is 15.8 Å². The van der Waals surface area contributed by atoms with Crippen LogP contribution in [0.4, 0.5) is 13.2 Å². The number of hydrogen-bond acceptors (Lipinski definition) is 20. The van der Waals surface area contributed by atoms with Crippen molar-refractivity contribution in [3.05, 3.63) is 70.6 Å². The van der Waals surface area contributed by atoms with Gasteiger partial charge in [0.15, 0.2) is 0 Å². The van der Waals surface area contributed by atoms with E-state index in [1.807, 2.05) is 40.7 Å². The molecule has 0 saturated heterocycles. The number of hydrogen-bond donors (Lipinski definition) is 5. The molecule has 8 atom stereocenters. The van der Waals surface area contributed by atoms with Crippen molar-refractivity contribution in [3.63, 3.8) is 0 Å². The van der Waals surface area contributed by atoms with Crippen molar-refractivity contribution >= 4 is 23.8 Å². The van der Waals surface area contributed by atoms with Gasteiger partial charge in [-0.25, -0.2) is 0 Å². The SMILES string of the molecule is CC(C)(C(=O)N1CCOc2c(C#N)cncc2C1)C1CC1CO.CC(C)(C(=O)N1CCOc2c(C#N)cncc2C1)C1CC1COC(F)(F)F.CC(C)(C(=O)O)C1CC1CO.CCOC(=O)C(C)(C)C1CC1CO.N#Cc1cncc2c1OCCNC2.O.[Li+].[OH-]. The van der Waals surface area contributed by atoms with E-state index in [9.17, 15) is 37.5 Å². The second-order valence-corrected chi connectivity index (χ2v) is 25.2. The van der Waals surface area contributed by atoms with Gasteiger partial charge in [0, 0.05) is 97.6 Å². The molecule has 4 fully saturated rings. The molecule has 28 heteroatoms. The second-order valence-electron chi connectivity index (χ2n) is 25.2. The number of aromatic nitrogens is 3. The summed E-state index contributed by atoms with van der Waals surface area (Å²) in [6.45, 7) is 21.1. The predicted molar refractivity (Wildman–Crippen MR) is 310 cm³/mol. The maximum absolute atomic E-state index is 13.1. The molecule has 8 unspecified atom stereocenters. The van der Waals surface area contributed by atoms with E-state index in [2.05, 4.69) is 37.1 Å². The van der Waals surface area contributed by atoms with Gasteiger partial charge in [-0.15, -0.1) is 13.2 Å². The summed E-state index contributed by atoms with van der Waals surface area (Å²) in [4.78, 5) is 63.7. The Morgan fingerprint density at radius 1 is 0.611 bits per heavy atom. The number of aliphatic hydroxyl groups is 3. The van der Waals surface area contributed by atoms with Crippen LogP contribution in [0, 0.1) is 103 Å². The van der Waals surface area contributed by atoms with Gasteiger partial charge in [-0.3, -0.25) is 38.9 Å². The second kappa shape index (κ2) is 33.1. The average molecular weight is 1260 g/mol. The van der Waals surface area contributed by atoms with Crippen LogP contribution in [-0.2, 0) is 48.3 Å². The molecule has 3 aromatic heterocycles. The first kappa shape index (κ1) is 77.6. The van der Waals surface area contributed by atoms with Crippen molar-refractivity contribution < 1.29 is 106 Å². The molecule has 7 aliphatic rings. The zero-order chi connectivity index (χ0) is 64.2. The standard InChI is InChI=1S/C18H20F3N3O3.C17H21N3O3.C10H18O3.C9H9N3O.C8H14O3.Li.2H2O/c1-17(2,14-5-11(14)10-27-18(19,20)21)16(25)24-3-4-26-15-12(6-22)7-23-8-13(15)9-24;1-17(2,14-5-11(14)10-21)16(22)20-3-4-23-15-12(6-18)7-19-8-13(15)9-20;1-4-13-9(12)10(2,3)8-5-7(8)6-11;10-3-7-4-12-6-8-5-11-1-2-13-9(7)8;1-8(2,7(10)11)6-3-5(6)4-9;;;/h7-8,11,14H,3-5,9-10H2,1-2H3;7-8,11,14,21H,3-5,9-10H2,1-2H3;7-8,11H,4-6H2,1-3H3;4,6,11H,1-2,5H2;5-6,9H,3-4H2,1-2H3,(H,10,11);;2*1H2/q;;;;;+1;;/p-1. The van der Waals surface area contributed by atoms with E-state index in [0.717, 1.165) is 43.5 Å². The van der Waals surface area contributed by atoms with Gasteiger partial charge in [0.1, 0.15) is 72.0 Å². The first-order chi connectivity index (χ1) is 41.1. The molecule has 2 amide bonds. The molecule has 3 aromatic rings. The number of alkyl halides is 3. The number of carboxylic acids is 1. The van der Waals surface area contributed by atoms with Crippen molar-refractivity contribution in [2.45, 2.75) is 114 Å². The van der Waals surface area contributed by atoms with Crippen molar-refractivity contribution in [1.29, 1.82) is 15.8 Å². The maximum Gasteiger partial charge on any atom is 1.00 e. The minimum absolute atomic E-state index is 0. The van der Waals surface area contributed by atoms with Crippen LogP contribution >= 0.6 is 0 Å². The number of fused-ring (bicyclic) bond motifs is 3. The Labute approximate surface area is 535 Å². The van der Waals surface area contributed by atoms with Gasteiger partial charge in [-0.05, 0) is 108 Å². The topological polar surface area (TPSA) is 385 Å². The third-order valence-corrected chi connectivity index (χ3v) is 17.6. The van der Waals surface area contributed by atoms with Gasteiger partial charge in [0.25, 0.3) is 0 Å². The minimum atomic E-state index is -4.65. The van der Waals surface area contributed by atoms with E-state index < -0.39 is 40.6 Å². The third kappa shape index (κ3) is 19.4. The van der Waals surface area contributed by atoms with Gasteiger partial charge in [-0.1, -0.05) is 27.7 Å². The quantitative estimate of drug-likeness (QED) is 0.114. The molecular weight excluding hydrogens is 1170 g/mol. The van der Waals surface area contributed by atoms with Gasteiger partial charge < -0.3 is 65.4 Å². The zero-order valence-electron chi connectivity index (χ0n) is 52.9. The van der Waals surface area contributed by atoms with E-state index in [1.54, 1.807) is 56.1 Å². The van der Waals surface area contributed by atoms with Crippen LogP contribution in [0.3, 0.4) is 0 Å². The number of halogens is 3. The van der Waals surface area contributed by atoms with Gasteiger partial charge in [0.2, 0.25) is 11.8 Å². The Kier molecular flexibility index (Phi) is 28.5. The molecule has 0 bridgehead atoms. The molecule has 90 heavy (non-hydrogen) atoms. The number of nitrogens with one attached hydrogen (secondary N) is 1. The molecule has 490 valence electrons. The van der Waals surface area contributed by atoms with Crippen molar-refractivity contribution in [2.24, 2.45) is 69.0 Å². The summed E-state index contributed by atoms with van der Waals surface area (Å²) >= 11 is 0. The van der Waals surface area contributed by atoms with Crippen molar-refractivity contribution in [1.82, 2.24) is 30.1 Å². The summed E-state index contributed by atoms with van der Waals surface area (Å²) in [6.07, 6.45) is 7.95. The molecule has 8 N–H and O–H groups in total. The largest absolute Gasteiger partial charge is 1.00 e. The summed E-state index contributed by atoms with van der Waals surface area (Å²) in [6, 6.07) is 6.17. The molecular formula is C62H85F3LiN9O15. The monoisotopic (exact) mass is 1260 g/mol. The number of ether oxygens (including phenoxy) is 5. The number of nitrogens with zero attached hydrogens (tertiary/aromatic N) is 8. The first-order valence-electron chi connectivity index (χ1n) is 29.3. The molecule has 3 aliphatic heterocycles. The molecule has 0 aromatic carbocycles. The smallest absolute Gasteiger partial charge is 0.870 e. The number of esters is 1. The molecule has 10 rings (SSSR count). The van der Waals surface area contributed by atoms with Crippen LogP contribution in [0.1, 0.15) is 121 Å². The van der Waals surface area contributed by atoms with Crippen LogP contribution in [0.2, 0.25) is 0 Å². The van der Waals surface area contributed by atoms with E-state index in [-0.39, 0.29) is 116 Å². The summed E-state index contributed by atoms with van der Waals surface area (Å²) < 4.78 is 62.3. The number of rotatable bonds is 14. The maximum atomic E-state index is 13.1. The fraction of sp³-hybridized carbons (Fsp3) is 0.645. The van der Waals surface area contributed by atoms with Crippen molar-refractivity contribution in [2.75, 3.05) is 72.5 Å². The summed E-state index contributed by atoms with van der Waals surface area (Å²) in [5.41, 5.74) is 1.19. The van der Waals surface area contributed by atoms with Crippen LogP contribution in [0.15, 0.2) is 37.2 Å². The average Bonchev–Trinajstić information content (AvgIpc) is 2.06. The molecule has 4 aliphatic carbocycles. The Morgan fingerprint density at radius 3 is 1.36 bits per heavy atom. The van der Waals surface area contributed by atoms with Gasteiger partial charge in [0.05, 0.1) is 50.2 Å². The summed E-state index contributed by atoms with van der Waals surface area (Å²) in [5, 5.41) is 66.0. The third-order valence-electron chi connectivity index (χ3n) is 17.6. The Hall–Kier alpha value is -6.69. The number of aliphatic hydroxyl groups excluding tert-OH is 3.